The number of hydrogen-bond donors (Lipinski definition) is 3. The molecule has 9 nitrogen and oxygen atoms in total. The zero-order valence-electron chi connectivity index (χ0n) is 18.8. The lowest BCUT2D eigenvalue weighted by molar-refractivity contribution is 0.483. The van der Waals surface area contributed by atoms with Crippen molar-refractivity contribution in [2.45, 2.75) is 18.2 Å². The molecule has 0 atom stereocenters. The van der Waals surface area contributed by atoms with Crippen molar-refractivity contribution in [1.29, 1.82) is 0 Å². The van der Waals surface area contributed by atoms with Crippen LogP contribution in [0.1, 0.15) is 12.5 Å². The van der Waals surface area contributed by atoms with E-state index in [9.17, 15) is 13.0 Å². The summed E-state index contributed by atoms with van der Waals surface area (Å²) in [5.74, 6) is 0.297. The summed E-state index contributed by atoms with van der Waals surface area (Å²) in [7, 11) is -4.34. The number of rotatable bonds is 7. The zero-order valence-corrected chi connectivity index (χ0v) is 21.2. The van der Waals surface area contributed by atoms with Crippen LogP contribution in [0.5, 0.6) is 0 Å². The molecule has 2 heterocycles. The number of thiazole rings is 1. The molecule has 2 aromatic heterocycles. The summed E-state index contributed by atoms with van der Waals surface area (Å²) >= 11 is 7.72. The second-order valence-corrected chi connectivity index (χ2v) is 10.5. The van der Waals surface area contributed by atoms with Crippen LogP contribution >= 0.6 is 22.9 Å². The molecule has 0 bridgehead atoms. The lowest BCUT2D eigenvalue weighted by Gasteiger charge is -2.09. The van der Waals surface area contributed by atoms with Gasteiger partial charge in [0.1, 0.15) is 5.01 Å². The van der Waals surface area contributed by atoms with Crippen LogP contribution in [0.15, 0.2) is 71.6 Å². The second-order valence-electron chi connectivity index (χ2n) is 7.76. The van der Waals surface area contributed by atoms with Crippen LogP contribution in [0.3, 0.4) is 0 Å². The predicted octanol–water partition coefficient (Wildman–Crippen LogP) is 6.10. The van der Waals surface area contributed by atoms with Crippen molar-refractivity contribution in [3.63, 3.8) is 0 Å². The molecule has 12 heteroatoms. The third-order valence-corrected chi connectivity index (χ3v) is 7.33. The van der Waals surface area contributed by atoms with Crippen LogP contribution in [0.2, 0.25) is 5.28 Å². The van der Waals surface area contributed by atoms with Crippen LogP contribution in [0.4, 0.5) is 23.3 Å². The average molecular weight is 539 g/mol. The van der Waals surface area contributed by atoms with Gasteiger partial charge in [-0.15, -0.1) is 11.3 Å². The van der Waals surface area contributed by atoms with Gasteiger partial charge in [-0.2, -0.15) is 23.4 Å². The van der Waals surface area contributed by atoms with Crippen molar-refractivity contribution in [3.8, 4) is 10.6 Å². The fourth-order valence-electron chi connectivity index (χ4n) is 3.46. The first-order valence-corrected chi connectivity index (χ1v) is 13.4. The number of halogens is 1. The van der Waals surface area contributed by atoms with Crippen LogP contribution in [0.25, 0.3) is 20.8 Å². The van der Waals surface area contributed by atoms with E-state index >= 15 is 0 Å². The van der Waals surface area contributed by atoms with Gasteiger partial charge in [-0.1, -0.05) is 19.1 Å². The number of hydrogen-bond acceptors (Lipinski definition) is 9. The van der Waals surface area contributed by atoms with Crippen molar-refractivity contribution >= 4 is 66.5 Å². The summed E-state index contributed by atoms with van der Waals surface area (Å²) < 4.78 is 33.2. The maximum atomic E-state index is 11.4. The van der Waals surface area contributed by atoms with Gasteiger partial charge in [-0.05, 0) is 78.2 Å². The van der Waals surface area contributed by atoms with Gasteiger partial charge in [0.05, 0.1) is 15.1 Å². The number of nitrogens with zero attached hydrogens (tertiary/aromatic N) is 4. The molecule has 0 spiro atoms. The Bertz CT molecular complexity index is 1670. The number of anilines is 4. The highest BCUT2D eigenvalue weighted by Gasteiger charge is 2.12. The molecule has 0 aliphatic heterocycles. The first-order valence-electron chi connectivity index (χ1n) is 10.8. The van der Waals surface area contributed by atoms with Crippen molar-refractivity contribution in [1.82, 2.24) is 19.9 Å². The molecule has 0 unspecified atom stereocenters. The minimum Gasteiger partial charge on any atom is -0.324 e. The summed E-state index contributed by atoms with van der Waals surface area (Å²) in [5, 5.41) is 6.83. The van der Waals surface area contributed by atoms with Crippen molar-refractivity contribution in [2.24, 2.45) is 0 Å². The normalized spacial score (nSPS) is 11.5. The van der Waals surface area contributed by atoms with E-state index in [1.807, 2.05) is 24.3 Å². The van der Waals surface area contributed by atoms with E-state index in [4.69, 9.17) is 16.6 Å². The van der Waals surface area contributed by atoms with E-state index in [-0.39, 0.29) is 22.1 Å². The quantitative estimate of drug-likeness (QED) is 0.210. The lowest BCUT2D eigenvalue weighted by Crippen LogP contribution is -2.05. The van der Waals surface area contributed by atoms with Crippen LogP contribution in [-0.2, 0) is 16.5 Å². The highest BCUT2D eigenvalue weighted by molar-refractivity contribution is 7.85. The number of aromatic nitrogens is 4. The fraction of sp³-hybridized carbons (Fsp3) is 0.0833. The predicted molar refractivity (Wildman–Crippen MR) is 142 cm³/mol. The van der Waals surface area contributed by atoms with E-state index in [1.165, 1.54) is 23.8 Å². The first kappa shape index (κ1) is 24.1. The van der Waals surface area contributed by atoms with Crippen molar-refractivity contribution in [2.75, 3.05) is 10.6 Å². The Labute approximate surface area is 216 Å². The molecule has 0 saturated heterocycles. The Morgan fingerprint density at radius 3 is 2.31 bits per heavy atom. The summed E-state index contributed by atoms with van der Waals surface area (Å²) in [6.45, 7) is 2.13. The van der Waals surface area contributed by atoms with Gasteiger partial charge in [-0.25, -0.2) is 4.98 Å². The van der Waals surface area contributed by atoms with E-state index in [0.717, 1.165) is 32.9 Å². The van der Waals surface area contributed by atoms with E-state index in [2.05, 4.69) is 50.7 Å². The Hall–Kier alpha value is -3.64. The molecule has 182 valence electrons. The van der Waals surface area contributed by atoms with Gasteiger partial charge >= 0.3 is 0 Å². The minimum absolute atomic E-state index is 0.0570. The Morgan fingerprint density at radius 2 is 1.61 bits per heavy atom. The molecular formula is C24H19ClN6O3S2. The largest absolute Gasteiger partial charge is 0.324 e. The number of benzene rings is 3. The van der Waals surface area contributed by atoms with Gasteiger partial charge in [0, 0.05) is 16.9 Å². The molecule has 0 amide bonds. The Kier molecular flexibility index (Phi) is 6.54. The van der Waals surface area contributed by atoms with Gasteiger partial charge in [0.25, 0.3) is 10.1 Å². The molecule has 0 radical (unpaired) electrons. The molecule has 0 fully saturated rings. The van der Waals surface area contributed by atoms with E-state index < -0.39 is 10.1 Å². The molecule has 0 aliphatic rings. The van der Waals surface area contributed by atoms with Gasteiger partial charge in [0.2, 0.25) is 17.2 Å². The summed E-state index contributed by atoms with van der Waals surface area (Å²) in [6.07, 6.45) is 0.985. The molecule has 5 rings (SSSR count). The molecular weight excluding hydrogens is 520 g/mol. The summed E-state index contributed by atoms with van der Waals surface area (Å²) in [4.78, 5) is 16.9. The van der Waals surface area contributed by atoms with E-state index in [1.54, 1.807) is 17.4 Å². The third-order valence-electron chi connectivity index (χ3n) is 5.25. The Morgan fingerprint density at radius 1 is 0.889 bits per heavy atom. The fourth-order valence-corrected chi connectivity index (χ4v) is 5.18. The monoisotopic (exact) mass is 538 g/mol. The molecule has 3 aromatic carbocycles. The number of fused-ring (bicyclic) bond motifs is 1. The minimum atomic E-state index is -4.34. The van der Waals surface area contributed by atoms with E-state index in [0.29, 0.717) is 5.69 Å². The maximum Gasteiger partial charge on any atom is 0.294 e. The smallest absolute Gasteiger partial charge is 0.294 e. The molecule has 0 aliphatic carbocycles. The van der Waals surface area contributed by atoms with Crippen LogP contribution < -0.4 is 10.6 Å². The molecule has 3 N–H and O–H groups in total. The number of aryl methyl sites for hydroxylation is 1. The zero-order chi connectivity index (χ0) is 25.3. The summed E-state index contributed by atoms with van der Waals surface area (Å²) in [5.41, 5.74) is 4.35. The van der Waals surface area contributed by atoms with Crippen molar-refractivity contribution in [3.05, 3.63) is 77.6 Å². The van der Waals surface area contributed by atoms with Gasteiger partial charge < -0.3 is 10.6 Å². The third kappa shape index (κ3) is 5.44. The lowest BCUT2D eigenvalue weighted by atomic mass is 10.2. The summed E-state index contributed by atoms with van der Waals surface area (Å²) in [6, 6.07) is 19.6. The molecule has 36 heavy (non-hydrogen) atoms. The topological polar surface area (TPSA) is 130 Å². The highest BCUT2D eigenvalue weighted by atomic mass is 35.5. The van der Waals surface area contributed by atoms with Gasteiger partial charge in [0.15, 0.2) is 0 Å². The molecule has 5 aromatic rings. The Balaban J connectivity index is 1.34. The first-order chi connectivity index (χ1) is 17.3. The average Bonchev–Trinajstić information content (AvgIpc) is 3.27. The maximum absolute atomic E-state index is 11.4. The van der Waals surface area contributed by atoms with Crippen molar-refractivity contribution < 1.29 is 13.0 Å². The number of nitrogens with one attached hydrogen (secondary N) is 2. The highest BCUT2D eigenvalue weighted by Crippen LogP contribution is 2.32. The van der Waals surface area contributed by atoms with Gasteiger partial charge in [-0.3, -0.25) is 4.55 Å². The van der Waals surface area contributed by atoms with Crippen LogP contribution in [-0.4, -0.2) is 32.9 Å². The SMILES string of the molecule is CCc1ccc2nc(-c3ccc(Nc4nc(Cl)nc(Nc5cccc(S(=O)(=O)O)c5)n4)cc3)sc2c1. The standard InChI is InChI=1S/C24H19ClN6O3S2/c1-2-14-6-11-19-20(12-14)35-21(28-19)15-7-9-16(10-8-15)26-23-29-22(25)30-24(31-23)27-17-4-3-5-18(13-17)36(32,33)34/h3-13H,2H2,1H3,(H,32,33,34)(H2,26,27,29,30,31). The molecule has 0 saturated carbocycles. The second kappa shape index (κ2) is 9.78. The van der Waals surface area contributed by atoms with Crippen LogP contribution in [0, 0.1) is 0 Å².